The molecule has 6 nitrogen and oxygen atoms in total. The number of benzene rings is 2. The van der Waals surface area contributed by atoms with E-state index in [1.807, 2.05) is 24.3 Å². The van der Waals surface area contributed by atoms with Crippen LogP contribution in [0, 0.1) is 0 Å². The summed E-state index contributed by atoms with van der Waals surface area (Å²) in [6.07, 6.45) is 18.7. The van der Waals surface area contributed by atoms with E-state index in [1.165, 1.54) is 115 Å². The third kappa shape index (κ3) is 8.63. The van der Waals surface area contributed by atoms with E-state index in [2.05, 4.69) is 34.1 Å². The highest BCUT2D eigenvalue weighted by molar-refractivity contribution is 7.60. The Morgan fingerprint density at radius 2 is 0.929 bits per heavy atom. The number of nitrogens with zero attached hydrogens (tertiary/aromatic N) is 2. The standard InChI is InChI=1S/C34H48N2O4P2/c1-39-33(37)29-17-13-27(14-18-29)21-35-23-41(31-9-5-3-6-10-31)25-36(26-42(24-35)32-11-7-4-8-12-32)22-28-15-19-30(20-16-28)34(38)40-2/h13-20,31-32H,3-12,21-26H2,1-2H3. The molecule has 228 valence electrons. The topological polar surface area (TPSA) is 59.1 Å². The van der Waals surface area contributed by atoms with Crippen LogP contribution in [0.2, 0.25) is 0 Å². The van der Waals surface area contributed by atoms with Crippen LogP contribution in [0.15, 0.2) is 48.5 Å². The van der Waals surface area contributed by atoms with E-state index in [0.717, 1.165) is 24.4 Å². The second-order valence-electron chi connectivity index (χ2n) is 12.4. The predicted molar refractivity (Wildman–Crippen MR) is 174 cm³/mol. The van der Waals surface area contributed by atoms with Gasteiger partial charge in [0.2, 0.25) is 0 Å². The Morgan fingerprint density at radius 1 is 0.595 bits per heavy atom. The van der Waals surface area contributed by atoms with Gasteiger partial charge in [0.15, 0.2) is 0 Å². The third-order valence-electron chi connectivity index (χ3n) is 9.27. The predicted octanol–water partition coefficient (Wildman–Crippen LogP) is 8.04. The minimum atomic E-state index is -0.269. The first-order valence-electron chi connectivity index (χ1n) is 15.8. The molecule has 0 amide bonds. The fourth-order valence-corrected chi connectivity index (χ4v) is 13.5. The number of hydrogen-bond acceptors (Lipinski definition) is 6. The SMILES string of the molecule is COC(=O)c1ccc(CN2CP(C3CCCCC3)CN(Cc3ccc(C(=O)OC)cc3)CP(C3CCCCC3)C2)cc1. The Hall–Kier alpha value is -1.84. The fraction of sp³-hybridized carbons (Fsp3) is 0.588. The first-order valence-corrected chi connectivity index (χ1v) is 19.4. The Kier molecular flexibility index (Phi) is 11.8. The lowest BCUT2D eigenvalue weighted by atomic mass is 10.0. The Bertz CT molecular complexity index is 1040. The molecule has 1 saturated heterocycles. The van der Waals surface area contributed by atoms with Crippen LogP contribution >= 0.6 is 15.8 Å². The molecule has 0 atom stereocenters. The molecule has 0 unspecified atom stereocenters. The lowest BCUT2D eigenvalue weighted by Gasteiger charge is -2.45. The molecule has 8 heteroatoms. The molecule has 5 rings (SSSR count). The lowest BCUT2D eigenvalue weighted by Crippen LogP contribution is -2.38. The van der Waals surface area contributed by atoms with Crippen molar-refractivity contribution in [2.45, 2.75) is 88.6 Å². The van der Waals surface area contributed by atoms with Gasteiger partial charge in [0.25, 0.3) is 0 Å². The highest BCUT2D eigenvalue weighted by atomic mass is 31.1. The van der Waals surface area contributed by atoms with Crippen molar-refractivity contribution in [3.05, 3.63) is 70.8 Å². The summed E-state index contributed by atoms with van der Waals surface area (Å²) < 4.78 is 9.85. The highest BCUT2D eigenvalue weighted by Crippen LogP contribution is 2.56. The highest BCUT2D eigenvalue weighted by Gasteiger charge is 2.34. The largest absolute Gasteiger partial charge is 0.465 e. The number of methoxy groups -OCH3 is 2. The minimum absolute atomic E-state index is 0.165. The molecule has 3 aliphatic rings. The molecule has 3 fully saturated rings. The summed E-state index contributed by atoms with van der Waals surface area (Å²) in [6, 6.07) is 16.2. The molecule has 2 aromatic rings. The van der Waals surface area contributed by atoms with Crippen molar-refractivity contribution in [3.63, 3.8) is 0 Å². The molecule has 1 heterocycles. The number of ether oxygens (including phenoxy) is 2. The Balaban J connectivity index is 1.37. The Labute approximate surface area is 255 Å². The van der Waals surface area contributed by atoms with E-state index in [-0.39, 0.29) is 27.8 Å². The van der Waals surface area contributed by atoms with E-state index in [4.69, 9.17) is 9.47 Å². The van der Waals surface area contributed by atoms with Crippen LogP contribution in [0.4, 0.5) is 0 Å². The second-order valence-corrected chi connectivity index (χ2v) is 17.3. The maximum Gasteiger partial charge on any atom is 0.337 e. The quantitative estimate of drug-likeness (QED) is 0.223. The maximum absolute atomic E-state index is 12.0. The zero-order chi connectivity index (χ0) is 29.3. The first kappa shape index (κ1) is 31.6. The van der Waals surface area contributed by atoms with Gasteiger partial charge in [-0.25, -0.2) is 9.59 Å². The van der Waals surface area contributed by atoms with Crippen molar-refractivity contribution in [2.75, 3.05) is 39.4 Å². The summed E-state index contributed by atoms with van der Waals surface area (Å²) in [5.74, 6) is -0.538. The summed E-state index contributed by atoms with van der Waals surface area (Å²) in [6.45, 7) is 1.93. The van der Waals surface area contributed by atoms with Crippen LogP contribution in [-0.4, -0.2) is 72.4 Å². The van der Waals surface area contributed by atoms with Gasteiger partial charge < -0.3 is 9.47 Å². The maximum atomic E-state index is 12.0. The van der Waals surface area contributed by atoms with E-state index in [1.54, 1.807) is 0 Å². The second kappa shape index (κ2) is 15.8. The van der Waals surface area contributed by atoms with E-state index >= 15 is 0 Å². The fourth-order valence-electron chi connectivity index (χ4n) is 7.01. The molecule has 1 aliphatic heterocycles. The van der Waals surface area contributed by atoms with Crippen molar-refractivity contribution in [1.82, 2.24) is 9.80 Å². The molecule has 2 aliphatic carbocycles. The van der Waals surface area contributed by atoms with Gasteiger partial charge in [-0.1, -0.05) is 78.6 Å². The molecule has 2 aromatic carbocycles. The molecule has 0 spiro atoms. The molecule has 0 radical (unpaired) electrons. The van der Waals surface area contributed by atoms with Gasteiger partial charge in [0.1, 0.15) is 0 Å². The van der Waals surface area contributed by atoms with Crippen molar-refractivity contribution in [3.8, 4) is 0 Å². The van der Waals surface area contributed by atoms with E-state index in [9.17, 15) is 9.59 Å². The molecule has 0 aromatic heterocycles. The number of hydrogen-bond donors (Lipinski definition) is 0. The smallest absolute Gasteiger partial charge is 0.337 e. The molecule has 42 heavy (non-hydrogen) atoms. The average Bonchev–Trinajstić information content (AvgIpc) is 3.03. The first-order chi connectivity index (χ1) is 20.5. The van der Waals surface area contributed by atoms with Crippen LogP contribution < -0.4 is 0 Å². The summed E-state index contributed by atoms with van der Waals surface area (Å²) >= 11 is 0. The van der Waals surface area contributed by atoms with E-state index in [0.29, 0.717) is 11.1 Å². The normalized spacial score (nSPS) is 23.6. The van der Waals surface area contributed by atoms with Gasteiger partial charge in [-0.2, -0.15) is 0 Å². The summed E-state index contributed by atoms with van der Waals surface area (Å²) in [7, 11) is 2.55. The van der Waals surface area contributed by atoms with Crippen LogP contribution in [0.3, 0.4) is 0 Å². The van der Waals surface area contributed by atoms with Gasteiger partial charge in [-0.3, -0.25) is 9.80 Å². The summed E-state index contributed by atoms with van der Waals surface area (Å²) in [5.41, 5.74) is 5.53. The number of carbonyl (C=O) groups excluding carboxylic acids is 2. The minimum Gasteiger partial charge on any atom is -0.465 e. The number of rotatable bonds is 8. The molecule has 2 saturated carbocycles. The van der Waals surface area contributed by atoms with Crippen molar-refractivity contribution in [1.29, 1.82) is 0 Å². The van der Waals surface area contributed by atoms with Gasteiger partial charge in [-0.15, -0.1) is 0 Å². The van der Waals surface area contributed by atoms with Crippen molar-refractivity contribution < 1.29 is 19.1 Å². The van der Waals surface area contributed by atoms with Gasteiger partial charge >= 0.3 is 11.9 Å². The number of esters is 2. The number of carbonyl (C=O) groups is 2. The molecular weight excluding hydrogens is 562 g/mol. The molecule has 0 bridgehead atoms. The zero-order valence-corrected chi connectivity index (χ0v) is 27.3. The van der Waals surface area contributed by atoms with Crippen LogP contribution in [-0.2, 0) is 22.6 Å². The van der Waals surface area contributed by atoms with Crippen molar-refractivity contribution in [2.24, 2.45) is 0 Å². The zero-order valence-electron chi connectivity index (χ0n) is 25.5. The summed E-state index contributed by atoms with van der Waals surface area (Å²) in [4.78, 5) is 29.6. The van der Waals surface area contributed by atoms with Gasteiger partial charge in [0, 0.05) is 38.2 Å². The van der Waals surface area contributed by atoms with Gasteiger partial charge in [0.05, 0.1) is 25.3 Å². The van der Waals surface area contributed by atoms with Crippen LogP contribution in [0.25, 0.3) is 0 Å². The third-order valence-corrected chi connectivity index (χ3v) is 15.4. The van der Waals surface area contributed by atoms with Crippen LogP contribution in [0.1, 0.15) is 96.1 Å². The molecule has 0 N–H and O–H groups in total. The lowest BCUT2D eigenvalue weighted by molar-refractivity contribution is 0.0592. The summed E-state index contributed by atoms with van der Waals surface area (Å²) in [5, 5.41) is 0. The Morgan fingerprint density at radius 3 is 1.24 bits per heavy atom. The van der Waals surface area contributed by atoms with Crippen molar-refractivity contribution >= 4 is 27.8 Å². The molecular formula is C34H48N2O4P2. The average molecular weight is 611 g/mol. The van der Waals surface area contributed by atoms with E-state index < -0.39 is 0 Å². The van der Waals surface area contributed by atoms with Gasteiger partial charge in [-0.05, 0) is 72.4 Å². The van der Waals surface area contributed by atoms with Crippen LogP contribution in [0.5, 0.6) is 0 Å². The monoisotopic (exact) mass is 610 g/mol.